The highest BCUT2D eigenvalue weighted by Crippen LogP contribution is 2.36. The Labute approximate surface area is 138 Å². The summed E-state index contributed by atoms with van der Waals surface area (Å²) >= 11 is 6.49. The van der Waals surface area contributed by atoms with Gasteiger partial charge in [-0.15, -0.1) is 0 Å². The van der Waals surface area contributed by atoms with Crippen LogP contribution in [-0.2, 0) is 23.1 Å². The Morgan fingerprint density at radius 3 is 2.43 bits per heavy atom. The Kier molecular flexibility index (Phi) is 5.02. The van der Waals surface area contributed by atoms with E-state index in [1.807, 2.05) is 6.92 Å². The summed E-state index contributed by atoms with van der Waals surface area (Å²) in [5, 5.41) is 8.85. The van der Waals surface area contributed by atoms with E-state index in [1.54, 1.807) is 0 Å². The fourth-order valence-corrected chi connectivity index (χ4v) is 3.75. The molecule has 0 amide bonds. The molecule has 7 nitrogen and oxygen atoms in total. The Morgan fingerprint density at radius 2 is 1.95 bits per heavy atom. The third-order valence-corrected chi connectivity index (χ3v) is 4.53. The molecule has 0 aliphatic carbocycles. The van der Waals surface area contributed by atoms with Gasteiger partial charge >= 0.3 is 0 Å². The van der Waals surface area contributed by atoms with Gasteiger partial charge in [0, 0.05) is 6.42 Å². The van der Waals surface area contributed by atoms with Gasteiger partial charge in [-0.2, -0.15) is 4.98 Å². The lowest BCUT2D eigenvalue weighted by molar-refractivity contribution is 0.282. The predicted molar refractivity (Wildman–Crippen MR) is 81.2 cm³/mol. The minimum absolute atomic E-state index is 0.0265. The Hall–Kier alpha value is -0.970. The van der Waals surface area contributed by atoms with Crippen LogP contribution in [0.2, 0.25) is 0 Å². The number of nitrogens with zero attached hydrogens (tertiary/aromatic N) is 2. The van der Waals surface area contributed by atoms with Crippen LogP contribution in [0.15, 0.2) is 30.5 Å². The molecular formula is C11H11Br2N3O4S. The largest absolute Gasteiger partial charge is 0.483 e. The molecule has 10 heteroatoms. The van der Waals surface area contributed by atoms with E-state index in [9.17, 15) is 8.42 Å². The Morgan fingerprint density at radius 1 is 1.33 bits per heavy atom. The summed E-state index contributed by atoms with van der Waals surface area (Å²) in [6, 6.07) is 2.73. The number of halogens is 2. The molecule has 2 aromatic rings. The number of aromatic nitrogens is 2. The topological polar surface area (TPSA) is 108 Å². The normalized spacial score (nSPS) is 11.6. The van der Waals surface area contributed by atoms with E-state index in [2.05, 4.69) is 42.0 Å². The minimum atomic E-state index is -3.79. The smallest absolute Gasteiger partial charge is 0.238 e. The van der Waals surface area contributed by atoms with Gasteiger partial charge in [0.15, 0.2) is 6.61 Å². The lowest BCUT2D eigenvalue weighted by Gasteiger charge is -2.10. The summed E-state index contributed by atoms with van der Waals surface area (Å²) in [4.78, 5) is 4.08. The van der Waals surface area contributed by atoms with E-state index < -0.39 is 10.0 Å². The van der Waals surface area contributed by atoms with E-state index in [4.69, 9.17) is 14.4 Å². The average Bonchev–Trinajstić information content (AvgIpc) is 2.84. The third kappa shape index (κ3) is 4.02. The quantitative estimate of drug-likeness (QED) is 0.764. The maximum absolute atomic E-state index is 11.3. The van der Waals surface area contributed by atoms with Gasteiger partial charge in [0.2, 0.25) is 21.7 Å². The van der Waals surface area contributed by atoms with Crippen molar-refractivity contribution in [3.63, 3.8) is 0 Å². The van der Waals surface area contributed by atoms with Crippen molar-refractivity contribution in [3.05, 3.63) is 32.8 Å². The van der Waals surface area contributed by atoms with Crippen molar-refractivity contribution in [2.45, 2.75) is 24.8 Å². The van der Waals surface area contributed by atoms with Crippen molar-refractivity contribution < 1.29 is 17.7 Å². The van der Waals surface area contributed by atoms with Crippen molar-refractivity contribution in [2.24, 2.45) is 5.14 Å². The number of aryl methyl sites for hydroxylation is 1. The van der Waals surface area contributed by atoms with Crippen LogP contribution in [0.3, 0.4) is 0 Å². The molecular weight excluding hydrogens is 430 g/mol. The molecule has 0 fully saturated rings. The molecule has 2 rings (SSSR count). The highest BCUT2D eigenvalue weighted by Gasteiger charge is 2.16. The molecule has 0 saturated carbocycles. The summed E-state index contributed by atoms with van der Waals surface area (Å²) in [5.74, 6) is 1.35. The maximum Gasteiger partial charge on any atom is 0.238 e. The number of benzene rings is 1. The first-order valence-corrected chi connectivity index (χ1v) is 8.90. The molecule has 21 heavy (non-hydrogen) atoms. The molecule has 1 heterocycles. The number of rotatable bonds is 5. The highest BCUT2D eigenvalue weighted by atomic mass is 79.9. The Bertz CT molecular complexity index is 738. The van der Waals surface area contributed by atoms with Gasteiger partial charge in [0.1, 0.15) is 5.75 Å². The molecule has 0 bridgehead atoms. The summed E-state index contributed by atoms with van der Waals surface area (Å²) in [7, 11) is -3.79. The molecule has 0 unspecified atom stereocenters. The maximum atomic E-state index is 11.3. The van der Waals surface area contributed by atoms with Crippen molar-refractivity contribution in [1.29, 1.82) is 0 Å². The molecule has 1 aromatic heterocycles. The van der Waals surface area contributed by atoms with Crippen molar-refractivity contribution in [3.8, 4) is 5.75 Å². The van der Waals surface area contributed by atoms with E-state index >= 15 is 0 Å². The number of primary sulfonamides is 1. The Balaban J connectivity index is 2.21. The van der Waals surface area contributed by atoms with Gasteiger partial charge in [0.25, 0.3) is 0 Å². The van der Waals surface area contributed by atoms with Gasteiger partial charge in [0.05, 0.1) is 13.8 Å². The zero-order chi connectivity index (χ0) is 15.6. The molecule has 0 radical (unpaired) electrons. The fraction of sp³-hybridized carbons (Fsp3) is 0.273. The van der Waals surface area contributed by atoms with E-state index in [-0.39, 0.29) is 11.5 Å². The van der Waals surface area contributed by atoms with Crippen LogP contribution in [-0.4, -0.2) is 18.6 Å². The molecule has 0 spiro atoms. The summed E-state index contributed by atoms with van der Waals surface area (Å²) < 4.78 is 34.1. The van der Waals surface area contributed by atoms with Crippen LogP contribution >= 0.6 is 31.9 Å². The number of hydrogen-bond donors (Lipinski definition) is 1. The third-order valence-electron chi connectivity index (χ3n) is 2.46. The number of nitrogens with two attached hydrogens (primary N) is 1. The van der Waals surface area contributed by atoms with Crippen LogP contribution in [0.5, 0.6) is 5.75 Å². The standard InChI is InChI=1S/C11H11Br2N3O4S/c1-2-10-15-9(16-20-10)5-19-11-7(12)3-6(4-8(11)13)21(14,17)18/h3-4H,2,5H2,1H3,(H2,14,17,18). The highest BCUT2D eigenvalue weighted by molar-refractivity contribution is 9.11. The van der Waals surface area contributed by atoms with Gasteiger partial charge in [-0.3, -0.25) is 0 Å². The minimum Gasteiger partial charge on any atom is -0.483 e. The first-order valence-electron chi connectivity index (χ1n) is 5.77. The first kappa shape index (κ1) is 16.4. The molecule has 0 aliphatic heterocycles. The van der Waals surface area contributed by atoms with Crippen molar-refractivity contribution in [2.75, 3.05) is 0 Å². The average molecular weight is 441 g/mol. The van der Waals surface area contributed by atoms with Gasteiger partial charge in [-0.1, -0.05) is 12.1 Å². The van der Waals surface area contributed by atoms with Gasteiger partial charge in [-0.05, 0) is 44.0 Å². The van der Waals surface area contributed by atoms with Crippen molar-refractivity contribution in [1.82, 2.24) is 10.1 Å². The predicted octanol–water partition coefficient (Wildman–Crippen LogP) is 2.38. The molecule has 0 aliphatic rings. The second-order valence-corrected chi connectivity index (χ2v) is 7.28. The second-order valence-electron chi connectivity index (χ2n) is 4.01. The number of hydrogen-bond acceptors (Lipinski definition) is 6. The number of ether oxygens (including phenoxy) is 1. The van der Waals surface area contributed by atoms with Crippen molar-refractivity contribution >= 4 is 41.9 Å². The monoisotopic (exact) mass is 439 g/mol. The van der Waals surface area contributed by atoms with Crippen LogP contribution in [0.4, 0.5) is 0 Å². The molecule has 1 aromatic carbocycles. The van der Waals surface area contributed by atoms with E-state index in [0.717, 1.165) is 0 Å². The second kappa shape index (κ2) is 6.42. The first-order chi connectivity index (χ1) is 9.81. The molecule has 2 N–H and O–H groups in total. The SMILES string of the molecule is CCc1nc(COc2c(Br)cc(S(N)(=O)=O)cc2Br)no1. The zero-order valence-electron chi connectivity index (χ0n) is 10.8. The zero-order valence-corrected chi connectivity index (χ0v) is 14.8. The van der Waals surface area contributed by atoms with Crippen LogP contribution in [0.25, 0.3) is 0 Å². The van der Waals surface area contributed by atoms with Crippen LogP contribution in [0.1, 0.15) is 18.6 Å². The van der Waals surface area contributed by atoms with E-state index in [0.29, 0.717) is 32.8 Å². The lowest BCUT2D eigenvalue weighted by Crippen LogP contribution is -2.12. The van der Waals surface area contributed by atoms with Crippen LogP contribution in [0, 0.1) is 0 Å². The van der Waals surface area contributed by atoms with Gasteiger partial charge in [-0.25, -0.2) is 13.6 Å². The summed E-state index contributed by atoms with van der Waals surface area (Å²) in [6.45, 7) is 1.99. The summed E-state index contributed by atoms with van der Waals surface area (Å²) in [5.41, 5.74) is 0. The lowest BCUT2D eigenvalue weighted by atomic mass is 10.3. The van der Waals surface area contributed by atoms with Gasteiger partial charge < -0.3 is 9.26 Å². The fourth-order valence-electron chi connectivity index (χ4n) is 1.47. The summed E-state index contributed by atoms with van der Waals surface area (Å²) in [6.07, 6.45) is 0.642. The number of sulfonamides is 1. The van der Waals surface area contributed by atoms with Crippen LogP contribution < -0.4 is 9.88 Å². The molecule has 0 atom stereocenters. The molecule has 0 saturated heterocycles. The molecule has 114 valence electrons. The van der Waals surface area contributed by atoms with E-state index in [1.165, 1.54) is 12.1 Å².